The largest absolute Gasteiger partial charge is 0.256 e. The second-order valence-corrected chi connectivity index (χ2v) is 7.42. The third-order valence-electron chi connectivity index (χ3n) is 1.39. The Morgan fingerprint density at radius 1 is 1.00 bits per heavy atom. The molecule has 0 aromatic heterocycles. The zero-order valence-corrected chi connectivity index (χ0v) is 10.4. The molecule has 74 valence electrons. The maximum atomic E-state index is 2.31. The van der Waals surface area contributed by atoms with Crippen molar-refractivity contribution in [2.24, 2.45) is 5.41 Å². The van der Waals surface area contributed by atoms with Crippen LogP contribution in [0, 0.1) is 5.41 Å². The molecule has 0 bridgehead atoms. The molecule has 0 saturated heterocycles. The van der Waals surface area contributed by atoms with E-state index in [4.69, 9.17) is 0 Å². The summed E-state index contributed by atoms with van der Waals surface area (Å²) in [5.74, 6) is 0. The summed E-state index contributed by atoms with van der Waals surface area (Å²) < 4.78 is 2.54. The molecule has 0 saturated carbocycles. The Labute approximate surface area is 82.0 Å². The van der Waals surface area contributed by atoms with Crippen LogP contribution in [0.3, 0.4) is 0 Å². The van der Waals surface area contributed by atoms with Crippen LogP contribution in [0.15, 0.2) is 0 Å². The van der Waals surface area contributed by atoms with Gasteiger partial charge in [-0.1, -0.05) is 32.7 Å². The summed E-state index contributed by atoms with van der Waals surface area (Å²) in [4.78, 5) is 0. The van der Waals surface area contributed by atoms with Gasteiger partial charge >= 0.3 is 0 Å². The zero-order valence-electron chi connectivity index (χ0n) is 9.56. The lowest BCUT2D eigenvalue weighted by molar-refractivity contribution is 0.336. The second-order valence-electron chi connectivity index (χ2n) is 5.40. The van der Waals surface area contributed by atoms with Crippen LogP contribution in [0.2, 0.25) is 0 Å². The molecule has 0 aliphatic carbocycles. The topological polar surface area (TPSA) is 3.24 Å². The zero-order chi connectivity index (χ0) is 9.99. The Balaban J connectivity index is 4.04. The van der Waals surface area contributed by atoms with Crippen LogP contribution in [0.4, 0.5) is 0 Å². The van der Waals surface area contributed by atoms with Crippen LogP contribution < -0.4 is 0 Å². The summed E-state index contributed by atoms with van der Waals surface area (Å²) in [6.45, 7) is 11.5. The van der Waals surface area contributed by atoms with E-state index in [1.807, 2.05) is 11.9 Å². The molecule has 1 nitrogen and oxygen atoms in total. The maximum absolute atomic E-state index is 2.31. The molecular formula is C10H23NS. The highest BCUT2D eigenvalue weighted by Crippen LogP contribution is 2.37. The van der Waals surface area contributed by atoms with E-state index in [1.54, 1.807) is 0 Å². The van der Waals surface area contributed by atoms with Crippen LogP contribution in [-0.2, 0) is 0 Å². The molecule has 0 heterocycles. The normalized spacial score (nSPS) is 14.0. The third-order valence-corrected chi connectivity index (χ3v) is 2.39. The SMILES string of the molecule is CN(C)SC(C)(C)CC(C)(C)C. The molecule has 0 aliphatic heterocycles. The fraction of sp³-hybridized carbons (Fsp3) is 1.00. The van der Waals surface area contributed by atoms with Gasteiger partial charge in [0.2, 0.25) is 0 Å². The fourth-order valence-corrected chi connectivity index (χ4v) is 3.29. The van der Waals surface area contributed by atoms with Gasteiger partial charge in [-0.15, -0.1) is 0 Å². The molecule has 0 amide bonds. The minimum Gasteiger partial charge on any atom is -0.256 e. The first-order valence-corrected chi connectivity index (χ1v) is 5.26. The van der Waals surface area contributed by atoms with Crippen molar-refractivity contribution in [3.8, 4) is 0 Å². The van der Waals surface area contributed by atoms with Crippen molar-refractivity contribution in [1.82, 2.24) is 4.31 Å². The van der Waals surface area contributed by atoms with E-state index in [0.717, 1.165) is 0 Å². The predicted octanol–water partition coefficient (Wildman–Crippen LogP) is 3.41. The quantitative estimate of drug-likeness (QED) is 0.626. The summed E-state index contributed by atoms with van der Waals surface area (Å²) >= 11 is 1.92. The molecule has 12 heavy (non-hydrogen) atoms. The number of rotatable bonds is 3. The van der Waals surface area contributed by atoms with Crippen molar-refractivity contribution in [1.29, 1.82) is 0 Å². The van der Waals surface area contributed by atoms with Gasteiger partial charge in [0.1, 0.15) is 0 Å². The van der Waals surface area contributed by atoms with Crippen molar-refractivity contribution >= 4 is 11.9 Å². The van der Waals surface area contributed by atoms with Crippen LogP contribution >= 0.6 is 11.9 Å². The molecule has 0 aromatic rings. The van der Waals surface area contributed by atoms with Crippen LogP contribution in [0.25, 0.3) is 0 Å². The van der Waals surface area contributed by atoms with Gasteiger partial charge in [0.05, 0.1) is 0 Å². The highest BCUT2D eigenvalue weighted by atomic mass is 32.2. The molecule has 0 radical (unpaired) electrons. The molecule has 0 unspecified atom stereocenters. The lowest BCUT2D eigenvalue weighted by Gasteiger charge is -2.33. The third kappa shape index (κ3) is 6.99. The van der Waals surface area contributed by atoms with E-state index < -0.39 is 0 Å². The highest BCUT2D eigenvalue weighted by Gasteiger charge is 2.26. The van der Waals surface area contributed by atoms with Gasteiger partial charge in [-0.3, -0.25) is 4.31 Å². The minimum absolute atomic E-state index is 0.349. The Morgan fingerprint density at radius 2 is 1.42 bits per heavy atom. The molecule has 0 N–H and O–H groups in total. The summed E-state index contributed by atoms with van der Waals surface area (Å²) in [5, 5.41) is 0. The lowest BCUT2D eigenvalue weighted by atomic mass is 9.86. The molecule has 0 atom stereocenters. The van der Waals surface area contributed by atoms with Crippen molar-refractivity contribution < 1.29 is 0 Å². The average Bonchev–Trinajstić information content (AvgIpc) is 1.48. The van der Waals surface area contributed by atoms with E-state index in [1.165, 1.54) is 6.42 Å². The van der Waals surface area contributed by atoms with Crippen LogP contribution in [0.5, 0.6) is 0 Å². The van der Waals surface area contributed by atoms with Gasteiger partial charge in [-0.25, -0.2) is 0 Å². The van der Waals surface area contributed by atoms with E-state index in [0.29, 0.717) is 10.2 Å². The number of nitrogens with zero attached hydrogens (tertiary/aromatic N) is 1. The Hall–Kier alpha value is 0.310. The lowest BCUT2D eigenvalue weighted by Crippen LogP contribution is -2.26. The first-order chi connectivity index (χ1) is 5.12. The van der Waals surface area contributed by atoms with Gasteiger partial charge in [0.25, 0.3) is 0 Å². The summed E-state index contributed by atoms with van der Waals surface area (Å²) in [6, 6.07) is 0. The van der Waals surface area contributed by atoms with Crippen molar-refractivity contribution in [3.63, 3.8) is 0 Å². The molecule has 0 aliphatic rings. The summed E-state index contributed by atoms with van der Waals surface area (Å²) in [7, 11) is 4.21. The van der Waals surface area contributed by atoms with E-state index in [9.17, 15) is 0 Å². The summed E-state index contributed by atoms with van der Waals surface area (Å²) in [5.41, 5.74) is 0.423. The van der Waals surface area contributed by atoms with Crippen LogP contribution in [0.1, 0.15) is 41.0 Å². The highest BCUT2D eigenvalue weighted by molar-refractivity contribution is 7.98. The van der Waals surface area contributed by atoms with Crippen LogP contribution in [-0.4, -0.2) is 23.1 Å². The monoisotopic (exact) mass is 189 g/mol. The number of hydrogen-bond donors (Lipinski definition) is 0. The summed E-state index contributed by atoms with van der Waals surface area (Å²) in [6.07, 6.45) is 1.24. The molecule has 0 spiro atoms. The second kappa shape index (κ2) is 4.01. The Morgan fingerprint density at radius 3 is 1.67 bits per heavy atom. The number of hydrogen-bond acceptors (Lipinski definition) is 2. The molecule has 2 heteroatoms. The molecule has 0 aromatic carbocycles. The standard InChI is InChI=1S/C10H23NS/c1-9(2,3)8-10(4,5)12-11(6)7/h8H2,1-7H3. The molecular weight excluding hydrogens is 166 g/mol. The van der Waals surface area contributed by atoms with Crippen molar-refractivity contribution in [2.45, 2.75) is 45.8 Å². The Bertz CT molecular complexity index is 133. The first kappa shape index (κ1) is 12.3. The van der Waals surface area contributed by atoms with Gasteiger partial charge in [-0.2, -0.15) is 0 Å². The average molecular weight is 189 g/mol. The molecule has 0 rings (SSSR count). The first-order valence-electron chi connectivity index (χ1n) is 4.49. The molecule has 0 fully saturated rings. The van der Waals surface area contributed by atoms with Gasteiger partial charge in [0.15, 0.2) is 0 Å². The van der Waals surface area contributed by atoms with Gasteiger partial charge in [-0.05, 0) is 39.8 Å². The van der Waals surface area contributed by atoms with E-state index >= 15 is 0 Å². The maximum Gasteiger partial charge on any atom is 0.0255 e. The van der Waals surface area contributed by atoms with E-state index in [-0.39, 0.29) is 0 Å². The Kier molecular flexibility index (Phi) is 4.12. The predicted molar refractivity (Wildman–Crippen MR) is 59.4 cm³/mol. The minimum atomic E-state index is 0.349. The van der Waals surface area contributed by atoms with Gasteiger partial charge < -0.3 is 0 Å². The van der Waals surface area contributed by atoms with Crippen molar-refractivity contribution in [3.05, 3.63) is 0 Å². The van der Waals surface area contributed by atoms with Crippen molar-refractivity contribution in [2.75, 3.05) is 14.1 Å². The van der Waals surface area contributed by atoms with Gasteiger partial charge in [0, 0.05) is 4.75 Å². The van der Waals surface area contributed by atoms with E-state index in [2.05, 4.69) is 53.0 Å². The fourth-order valence-electron chi connectivity index (χ4n) is 1.80. The smallest absolute Gasteiger partial charge is 0.0255 e.